The van der Waals surface area contributed by atoms with Crippen molar-refractivity contribution in [3.8, 4) is 5.75 Å². The van der Waals surface area contributed by atoms with Crippen LogP contribution in [-0.4, -0.2) is 5.24 Å². The van der Waals surface area contributed by atoms with E-state index in [1.807, 2.05) is 30.3 Å². The molecule has 2 aromatic carbocycles. The van der Waals surface area contributed by atoms with E-state index in [0.717, 1.165) is 11.1 Å². The van der Waals surface area contributed by atoms with Crippen molar-refractivity contribution in [3.63, 3.8) is 0 Å². The Bertz CT molecular complexity index is 568. The molecule has 0 saturated heterocycles. The summed E-state index contributed by atoms with van der Waals surface area (Å²) in [5.41, 5.74) is 1.84. The minimum atomic E-state index is -0.408. The average molecular weight is 295 g/mol. The van der Waals surface area contributed by atoms with E-state index in [1.54, 1.807) is 18.2 Å². The molecule has 0 amide bonds. The maximum Gasteiger partial charge on any atom is 0.226 e. The highest BCUT2D eigenvalue weighted by atomic mass is 35.5. The van der Waals surface area contributed by atoms with Crippen LogP contribution in [0, 0.1) is 0 Å². The van der Waals surface area contributed by atoms with Gasteiger partial charge in [-0.05, 0) is 34.9 Å². The van der Waals surface area contributed by atoms with Crippen molar-refractivity contribution in [3.05, 3.63) is 64.7 Å². The van der Waals surface area contributed by atoms with E-state index >= 15 is 0 Å². The Kier molecular flexibility index (Phi) is 4.83. The molecule has 2 aromatic rings. The second-order valence-electron chi connectivity index (χ2n) is 4.07. The summed E-state index contributed by atoms with van der Waals surface area (Å²) in [5, 5.41) is 0.0698. The highest BCUT2D eigenvalue weighted by Gasteiger charge is 2.06. The fraction of sp³-hybridized carbons (Fsp3) is 0.133. The third kappa shape index (κ3) is 4.27. The molecule has 0 radical (unpaired) electrons. The molecule has 0 atom stereocenters. The molecule has 0 bridgehead atoms. The maximum absolute atomic E-state index is 10.8. The van der Waals surface area contributed by atoms with Gasteiger partial charge in [-0.3, -0.25) is 4.79 Å². The van der Waals surface area contributed by atoms with E-state index in [2.05, 4.69) is 0 Å². The van der Waals surface area contributed by atoms with E-state index in [9.17, 15) is 4.79 Å². The van der Waals surface area contributed by atoms with Gasteiger partial charge in [-0.1, -0.05) is 48.0 Å². The van der Waals surface area contributed by atoms with Crippen molar-refractivity contribution >= 4 is 28.4 Å². The molecule has 0 aliphatic carbocycles. The van der Waals surface area contributed by atoms with Gasteiger partial charge in [-0.25, -0.2) is 0 Å². The topological polar surface area (TPSA) is 26.3 Å². The molecule has 19 heavy (non-hydrogen) atoms. The molecule has 0 fully saturated rings. The number of benzene rings is 2. The first-order chi connectivity index (χ1) is 9.15. The Morgan fingerprint density at radius 2 is 1.79 bits per heavy atom. The Morgan fingerprint density at radius 3 is 2.42 bits per heavy atom. The molecule has 4 heteroatoms. The van der Waals surface area contributed by atoms with Crippen molar-refractivity contribution in [1.29, 1.82) is 0 Å². The number of halogens is 2. The van der Waals surface area contributed by atoms with Crippen molar-refractivity contribution in [2.75, 3.05) is 0 Å². The molecule has 0 heterocycles. The maximum atomic E-state index is 10.8. The largest absolute Gasteiger partial charge is 0.487 e. The van der Waals surface area contributed by atoms with Crippen LogP contribution < -0.4 is 4.74 Å². The zero-order valence-corrected chi connectivity index (χ0v) is 11.6. The lowest BCUT2D eigenvalue weighted by Gasteiger charge is -2.09. The van der Waals surface area contributed by atoms with Crippen LogP contribution in [0.4, 0.5) is 0 Å². The van der Waals surface area contributed by atoms with Gasteiger partial charge < -0.3 is 4.74 Å². The smallest absolute Gasteiger partial charge is 0.226 e. The van der Waals surface area contributed by atoms with Gasteiger partial charge in [-0.2, -0.15) is 0 Å². The molecule has 0 aliphatic heterocycles. The Labute approximate surface area is 121 Å². The fourth-order valence-electron chi connectivity index (χ4n) is 1.67. The van der Waals surface area contributed by atoms with Crippen LogP contribution >= 0.6 is 23.2 Å². The van der Waals surface area contributed by atoms with Gasteiger partial charge in [0.1, 0.15) is 12.4 Å². The molecule has 0 N–H and O–H groups in total. The van der Waals surface area contributed by atoms with Crippen LogP contribution in [0.15, 0.2) is 48.5 Å². The average Bonchev–Trinajstić information content (AvgIpc) is 2.38. The van der Waals surface area contributed by atoms with E-state index in [-0.39, 0.29) is 6.42 Å². The van der Waals surface area contributed by atoms with Crippen molar-refractivity contribution in [2.45, 2.75) is 13.0 Å². The van der Waals surface area contributed by atoms with Gasteiger partial charge in [0.05, 0.1) is 5.02 Å². The number of ether oxygens (including phenoxy) is 1. The van der Waals surface area contributed by atoms with Gasteiger partial charge in [0.2, 0.25) is 5.24 Å². The number of hydrogen-bond donors (Lipinski definition) is 0. The molecule has 2 nitrogen and oxygen atoms in total. The second kappa shape index (κ2) is 6.60. The quantitative estimate of drug-likeness (QED) is 0.772. The van der Waals surface area contributed by atoms with Gasteiger partial charge >= 0.3 is 0 Å². The zero-order chi connectivity index (χ0) is 13.7. The lowest BCUT2D eigenvalue weighted by molar-refractivity contribution is -0.111. The molecule has 2 rings (SSSR count). The Morgan fingerprint density at radius 1 is 1.05 bits per heavy atom. The van der Waals surface area contributed by atoms with E-state index in [1.165, 1.54) is 0 Å². The second-order valence-corrected chi connectivity index (χ2v) is 4.90. The molecule has 98 valence electrons. The molecule has 0 spiro atoms. The Hall–Kier alpha value is -1.51. The molecule has 0 aliphatic rings. The van der Waals surface area contributed by atoms with Crippen LogP contribution in [0.3, 0.4) is 0 Å². The predicted octanol–water partition coefficient (Wildman–Crippen LogP) is 4.23. The minimum Gasteiger partial charge on any atom is -0.487 e. The summed E-state index contributed by atoms with van der Waals surface area (Å²) in [4.78, 5) is 10.8. The summed E-state index contributed by atoms with van der Waals surface area (Å²) in [5.74, 6) is 0.594. The first-order valence-corrected chi connectivity index (χ1v) is 6.54. The van der Waals surface area contributed by atoms with E-state index < -0.39 is 5.24 Å². The standard InChI is InChI=1S/C15H12Cl2O2/c16-13-8-12(9-15(17)18)6-7-14(13)19-10-11-4-2-1-3-5-11/h1-8H,9-10H2. The summed E-state index contributed by atoms with van der Waals surface area (Å²) < 4.78 is 5.63. The highest BCUT2D eigenvalue weighted by molar-refractivity contribution is 6.63. The zero-order valence-electron chi connectivity index (χ0n) is 10.1. The number of carbonyl (C=O) groups excluding carboxylic acids is 1. The van der Waals surface area contributed by atoms with Crippen LogP contribution in [0.25, 0.3) is 0 Å². The van der Waals surface area contributed by atoms with Crippen molar-refractivity contribution in [1.82, 2.24) is 0 Å². The van der Waals surface area contributed by atoms with Crippen LogP contribution in [0.2, 0.25) is 5.02 Å². The monoisotopic (exact) mass is 294 g/mol. The van der Waals surface area contributed by atoms with E-state index in [0.29, 0.717) is 17.4 Å². The number of carbonyl (C=O) groups is 1. The van der Waals surface area contributed by atoms with Crippen LogP contribution in [0.1, 0.15) is 11.1 Å². The molecule has 0 unspecified atom stereocenters. The summed E-state index contributed by atoms with van der Waals surface area (Å²) in [6, 6.07) is 15.1. The number of hydrogen-bond acceptors (Lipinski definition) is 2. The third-order valence-electron chi connectivity index (χ3n) is 2.58. The van der Waals surface area contributed by atoms with Gasteiger partial charge in [0.15, 0.2) is 0 Å². The SMILES string of the molecule is O=C(Cl)Cc1ccc(OCc2ccccc2)c(Cl)c1. The Balaban J connectivity index is 2.03. The molecule has 0 saturated carbocycles. The summed E-state index contributed by atoms with van der Waals surface area (Å²) in [7, 11) is 0. The number of rotatable bonds is 5. The van der Waals surface area contributed by atoms with Crippen LogP contribution in [-0.2, 0) is 17.8 Å². The van der Waals surface area contributed by atoms with Crippen molar-refractivity contribution in [2.24, 2.45) is 0 Å². The molecule has 0 aromatic heterocycles. The lowest BCUT2D eigenvalue weighted by Crippen LogP contribution is -1.97. The van der Waals surface area contributed by atoms with Crippen molar-refractivity contribution < 1.29 is 9.53 Å². The predicted molar refractivity (Wildman–Crippen MR) is 76.8 cm³/mol. The molecular formula is C15H12Cl2O2. The van der Waals surface area contributed by atoms with E-state index in [4.69, 9.17) is 27.9 Å². The van der Waals surface area contributed by atoms with Gasteiger partial charge in [-0.15, -0.1) is 0 Å². The first kappa shape index (κ1) is 13.9. The van der Waals surface area contributed by atoms with Gasteiger partial charge in [0.25, 0.3) is 0 Å². The third-order valence-corrected chi connectivity index (χ3v) is 3.01. The van der Waals surface area contributed by atoms with Gasteiger partial charge in [0, 0.05) is 6.42 Å². The normalized spacial score (nSPS) is 10.2. The summed E-state index contributed by atoms with van der Waals surface area (Å²) >= 11 is 11.4. The molecular weight excluding hydrogens is 283 g/mol. The summed E-state index contributed by atoms with van der Waals surface area (Å²) in [6.45, 7) is 0.453. The fourth-order valence-corrected chi connectivity index (χ4v) is 2.08. The summed E-state index contributed by atoms with van der Waals surface area (Å²) in [6.07, 6.45) is 0.167. The lowest BCUT2D eigenvalue weighted by atomic mass is 10.1. The minimum absolute atomic E-state index is 0.167. The highest BCUT2D eigenvalue weighted by Crippen LogP contribution is 2.26. The van der Waals surface area contributed by atoms with Crippen LogP contribution in [0.5, 0.6) is 5.75 Å². The first-order valence-electron chi connectivity index (χ1n) is 5.78.